The lowest BCUT2D eigenvalue weighted by Crippen LogP contribution is -2.15. The van der Waals surface area contributed by atoms with Crippen molar-refractivity contribution < 1.29 is 9.13 Å². The molecule has 0 saturated heterocycles. The first-order valence-corrected chi connectivity index (χ1v) is 9.03. The summed E-state index contributed by atoms with van der Waals surface area (Å²) in [5.41, 5.74) is 5.62. The molecular formula is C18H21FN4OS. The molecule has 0 unspecified atom stereocenters. The van der Waals surface area contributed by atoms with Crippen LogP contribution in [0.15, 0.2) is 29.9 Å². The van der Waals surface area contributed by atoms with E-state index in [1.165, 1.54) is 18.1 Å². The van der Waals surface area contributed by atoms with Gasteiger partial charge in [-0.1, -0.05) is 0 Å². The predicted molar refractivity (Wildman–Crippen MR) is 97.4 cm³/mol. The Labute approximate surface area is 150 Å². The molecule has 2 heterocycles. The number of nitrogens with one attached hydrogen (secondary N) is 2. The van der Waals surface area contributed by atoms with E-state index in [0.717, 1.165) is 41.9 Å². The maximum absolute atomic E-state index is 13.9. The number of methoxy groups -OCH3 is 1. The molecule has 3 aromatic rings. The molecule has 0 aliphatic heterocycles. The van der Waals surface area contributed by atoms with Crippen molar-refractivity contribution in [1.82, 2.24) is 20.5 Å². The zero-order chi connectivity index (χ0) is 17.6. The summed E-state index contributed by atoms with van der Waals surface area (Å²) in [6.45, 7) is 3.63. The molecule has 0 fully saturated rings. The largest absolute Gasteiger partial charge is 0.494 e. The van der Waals surface area contributed by atoms with Crippen molar-refractivity contribution in [1.29, 1.82) is 0 Å². The van der Waals surface area contributed by atoms with E-state index < -0.39 is 0 Å². The lowest BCUT2D eigenvalue weighted by Gasteiger charge is -2.07. The topological polar surface area (TPSA) is 62.8 Å². The second-order valence-electron chi connectivity index (χ2n) is 5.76. The Kier molecular flexibility index (Phi) is 5.78. The van der Waals surface area contributed by atoms with Crippen LogP contribution in [0, 0.1) is 12.7 Å². The van der Waals surface area contributed by atoms with E-state index in [9.17, 15) is 4.39 Å². The van der Waals surface area contributed by atoms with Gasteiger partial charge < -0.3 is 10.1 Å². The molecule has 0 radical (unpaired) electrons. The van der Waals surface area contributed by atoms with E-state index in [0.29, 0.717) is 6.54 Å². The van der Waals surface area contributed by atoms with Crippen molar-refractivity contribution in [3.05, 3.63) is 51.9 Å². The Morgan fingerprint density at radius 2 is 2.24 bits per heavy atom. The van der Waals surface area contributed by atoms with Crippen molar-refractivity contribution in [2.45, 2.75) is 26.3 Å². The first-order chi connectivity index (χ1) is 12.2. The summed E-state index contributed by atoms with van der Waals surface area (Å²) >= 11 is 1.71. The van der Waals surface area contributed by atoms with Gasteiger partial charge in [-0.2, -0.15) is 5.10 Å². The second kappa shape index (κ2) is 8.22. The smallest absolute Gasteiger partial charge is 0.165 e. The predicted octanol–water partition coefficient (Wildman–Crippen LogP) is 3.71. The number of H-pyrrole nitrogens is 1. The fraction of sp³-hybridized carbons (Fsp3) is 0.333. The van der Waals surface area contributed by atoms with Gasteiger partial charge >= 0.3 is 0 Å². The van der Waals surface area contributed by atoms with Crippen LogP contribution in [0.25, 0.3) is 11.3 Å². The van der Waals surface area contributed by atoms with E-state index in [4.69, 9.17) is 4.74 Å². The standard InChI is InChI=1S/C18H21FN4OS/c1-12-17(25-11-21-12)4-3-7-20-9-14-10-22-23-18(14)13-5-6-16(24-2)15(19)8-13/h5-6,8,10-11,20H,3-4,7,9H2,1-2H3,(H,22,23). The number of rotatable bonds is 8. The summed E-state index contributed by atoms with van der Waals surface area (Å²) in [5, 5.41) is 10.5. The minimum Gasteiger partial charge on any atom is -0.494 e. The van der Waals surface area contributed by atoms with Crippen LogP contribution in [0.3, 0.4) is 0 Å². The number of aryl methyl sites for hydroxylation is 2. The third kappa shape index (κ3) is 4.24. The Balaban J connectivity index is 1.55. The van der Waals surface area contributed by atoms with E-state index >= 15 is 0 Å². The molecule has 2 N–H and O–H groups in total. The highest BCUT2D eigenvalue weighted by Gasteiger charge is 2.11. The van der Waals surface area contributed by atoms with Crippen LogP contribution in [-0.2, 0) is 13.0 Å². The fourth-order valence-electron chi connectivity index (χ4n) is 2.68. The van der Waals surface area contributed by atoms with E-state index in [1.807, 2.05) is 18.5 Å². The van der Waals surface area contributed by atoms with Crippen LogP contribution in [0.5, 0.6) is 5.75 Å². The van der Waals surface area contributed by atoms with Gasteiger partial charge in [-0.15, -0.1) is 11.3 Å². The lowest BCUT2D eigenvalue weighted by atomic mass is 10.1. The monoisotopic (exact) mass is 360 g/mol. The van der Waals surface area contributed by atoms with E-state index in [-0.39, 0.29) is 11.6 Å². The van der Waals surface area contributed by atoms with E-state index in [1.54, 1.807) is 23.6 Å². The van der Waals surface area contributed by atoms with Gasteiger partial charge in [0.1, 0.15) is 0 Å². The average molecular weight is 360 g/mol. The van der Waals surface area contributed by atoms with Gasteiger partial charge in [-0.25, -0.2) is 9.37 Å². The van der Waals surface area contributed by atoms with Crippen LogP contribution >= 0.6 is 11.3 Å². The molecule has 1 aromatic carbocycles. The minimum absolute atomic E-state index is 0.237. The van der Waals surface area contributed by atoms with Crippen LogP contribution in [-0.4, -0.2) is 28.8 Å². The number of hydrogen-bond donors (Lipinski definition) is 2. The molecule has 132 valence electrons. The molecule has 2 aromatic heterocycles. The van der Waals surface area contributed by atoms with Crippen LogP contribution in [0.4, 0.5) is 4.39 Å². The van der Waals surface area contributed by atoms with Crippen molar-refractivity contribution in [2.24, 2.45) is 0 Å². The quantitative estimate of drug-likeness (QED) is 0.601. The molecule has 25 heavy (non-hydrogen) atoms. The van der Waals surface area contributed by atoms with E-state index in [2.05, 4.69) is 20.5 Å². The van der Waals surface area contributed by atoms with Gasteiger partial charge in [0, 0.05) is 22.5 Å². The summed E-state index contributed by atoms with van der Waals surface area (Å²) in [6.07, 6.45) is 3.86. The Bertz CT molecular complexity index is 830. The highest BCUT2D eigenvalue weighted by molar-refractivity contribution is 7.09. The fourth-order valence-corrected chi connectivity index (χ4v) is 3.50. The third-order valence-corrected chi connectivity index (χ3v) is 5.07. The highest BCUT2D eigenvalue weighted by atomic mass is 32.1. The number of halogens is 1. The van der Waals surface area contributed by atoms with Gasteiger partial charge in [-0.3, -0.25) is 5.10 Å². The number of benzene rings is 1. The SMILES string of the molecule is COc1ccc(-c2[nH]ncc2CNCCCc2scnc2C)cc1F. The van der Waals surface area contributed by atoms with Gasteiger partial charge in [-0.05, 0) is 44.5 Å². The molecule has 0 bridgehead atoms. The molecule has 5 nitrogen and oxygen atoms in total. The molecule has 0 aliphatic rings. The zero-order valence-corrected chi connectivity index (χ0v) is 15.1. The van der Waals surface area contributed by atoms with Gasteiger partial charge in [0.25, 0.3) is 0 Å². The summed E-state index contributed by atoms with van der Waals surface area (Å²) < 4.78 is 18.9. The normalized spacial score (nSPS) is 11.0. The first kappa shape index (κ1) is 17.6. The summed E-state index contributed by atoms with van der Waals surface area (Å²) in [7, 11) is 1.46. The maximum atomic E-state index is 13.9. The first-order valence-electron chi connectivity index (χ1n) is 8.15. The number of ether oxygens (including phenoxy) is 1. The molecule has 3 rings (SSSR count). The molecular weight excluding hydrogens is 339 g/mol. The van der Waals surface area contributed by atoms with Crippen LogP contribution in [0.2, 0.25) is 0 Å². The molecule has 7 heteroatoms. The summed E-state index contributed by atoms with van der Waals surface area (Å²) in [6, 6.07) is 4.91. The van der Waals surface area contributed by atoms with Gasteiger partial charge in [0.15, 0.2) is 11.6 Å². The molecule has 0 atom stereocenters. The molecule has 0 spiro atoms. The molecule has 0 aliphatic carbocycles. The van der Waals surface area contributed by atoms with Gasteiger partial charge in [0.2, 0.25) is 0 Å². The average Bonchev–Trinajstić information content (AvgIpc) is 3.24. The van der Waals surface area contributed by atoms with Crippen molar-refractivity contribution in [3.8, 4) is 17.0 Å². The van der Waals surface area contributed by atoms with Crippen molar-refractivity contribution in [2.75, 3.05) is 13.7 Å². The van der Waals surface area contributed by atoms with Crippen LogP contribution in [0.1, 0.15) is 22.6 Å². The Morgan fingerprint density at radius 3 is 2.96 bits per heavy atom. The zero-order valence-electron chi connectivity index (χ0n) is 14.3. The number of aromatic nitrogens is 3. The summed E-state index contributed by atoms with van der Waals surface area (Å²) in [5.74, 6) is -0.144. The van der Waals surface area contributed by atoms with Crippen molar-refractivity contribution in [3.63, 3.8) is 0 Å². The van der Waals surface area contributed by atoms with Crippen LogP contribution < -0.4 is 10.1 Å². The van der Waals surface area contributed by atoms with Gasteiger partial charge in [0.05, 0.1) is 30.2 Å². The maximum Gasteiger partial charge on any atom is 0.165 e. The Morgan fingerprint density at radius 1 is 1.36 bits per heavy atom. The second-order valence-corrected chi connectivity index (χ2v) is 6.70. The molecule has 0 saturated carbocycles. The number of aromatic amines is 1. The summed E-state index contributed by atoms with van der Waals surface area (Å²) in [4.78, 5) is 5.61. The number of nitrogens with zero attached hydrogens (tertiary/aromatic N) is 2. The lowest BCUT2D eigenvalue weighted by molar-refractivity contribution is 0.386. The number of thiazole rings is 1. The third-order valence-electron chi connectivity index (χ3n) is 4.08. The highest BCUT2D eigenvalue weighted by Crippen LogP contribution is 2.26. The minimum atomic E-state index is -0.381. The molecule has 0 amide bonds. The number of hydrogen-bond acceptors (Lipinski definition) is 5. The Hall–Kier alpha value is -2.25. The van der Waals surface area contributed by atoms with Crippen molar-refractivity contribution >= 4 is 11.3 Å².